The van der Waals surface area contributed by atoms with E-state index in [1.54, 1.807) is 0 Å². The Bertz CT molecular complexity index is 3350. The standard InChI is InChI=1S/C54H34N6/c1-4-13-36(14-5-1)47-31-29-39-28-30-45-46(34-48(37-15-6-2-7-16-37)57-51(45)50(39)56-47)35-24-26-41(27-25-35)53-58-52(40-17-8-3-9-18-40)59-54(60-53)43-21-10-20-42(33-43)44-23-11-19-38-22-12-32-55-49(38)44/h1-34H. The second kappa shape index (κ2) is 14.9. The minimum absolute atomic E-state index is 0.593. The van der Waals surface area contributed by atoms with E-state index in [2.05, 4.69) is 127 Å². The molecule has 0 saturated heterocycles. The molecule has 11 rings (SSSR count). The van der Waals surface area contributed by atoms with Gasteiger partial charge in [0, 0.05) is 55.7 Å². The van der Waals surface area contributed by atoms with Gasteiger partial charge >= 0.3 is 0 Å². The lowest BCUT2D eigenvalue weighted by atomic mass is 9.96. The molecule has 0 aliphatic carbocycles. The van der Waals surface area contributed by atoms with Crippen LogP contribution in [0.3, 0.4) is 0 Å². The maximum atomic E-state index is 5.28. The molecule has 60 heavy (non-hydrogen) atoms. The third-order valence-electron chi connectivity index (χ3n) is 11.0. The zero-order chi connectivity index (χ0) is 39.8. The van der Waals surface area contributed by atoms with Crippen LogP contribution in [-0.2, 0) is 0 Å². The average molecular weight is 767 g/mol. The van der Waals surface area contributed by atoms with Crippen LogP contribution in [0.25, 0.3) is 112 Å². The second-order valence-corrected chi connectivity index (χ2v) is 14.7. The zero-order valence-electron chi connectivity index (χ0n) is 32.3. The summed E-state index contributed by atoms with van der Waals surface area (Å²) >= 11 is 0. The topological polar surface area (TPSA) is 77.3 Å². The predicted octanol–water partition coefficient (Wildman–Crippen LogP) is 13.2. The number of hydrogen-bond acceptors (Lipinski definition) is 6. The van der Waals surface area contributed by atoms with E-state index in [0.29, 0.717) is 17.5 Å². The molecular weight excluding hydrogens is 733 g/mol. The van der Waals surface area contributed by atoms with Crippen LogP contribution in [0.1, 0.15) is 0 Å². The molecule has 0 bridgehead atoms. The molecule has 11 aromatic rings. The molecular formula is C54H34N6. The van der Waals surface area contributed by atoms with Crippen LogP contribution in [0, 0.1) is 0 Å². The van der Waals surface area contributed by atoms with Gasteiger partial charge in [-0.1, -0.05) is 176 Å². The summed E-state index contributed by atoms with van der Waals surface area (Å²) in [7, 11) is 0. The quantitative estimate of drug-likeness (QED) is 0.150. The fourth-order valence-corrected chi connectivity index (χ4v) is 7.95. The van der Waals surface area contributed by atoms with Gasteiger partial charge in [-0.25, -0.2) is 24.9 Å². The van der Waals surface area contributed by atoms with Crippen molar-refractivity contribution in [3.63, 3.8) is 0 Å². The summed E-state index contributed by atoms with van der Waals surface area (Å²) in [5.74, 6) is 1.80. The highest BCUT2D eigenvalue weighted by Gasteiger charge is 2.17. The smallest absolute Gasteiger partial charge is 0.164 e. The van der Waals surface area contributed by atoms with E-state index < -0.39 is 0 Å². The molecule has 0 unspecified atom stereocenters. The summed E-state index contributed by atoms with van der Waals surface area (Å²) in [6, 6.07) is 68.6. The minimum Gasteiger partial charge on any atom is -0.256 e. The Hall–Kier alpha value is -8.22. The van der Waals surface area contributed by atoms with Gasteiger partial charge in [0.2, 0.25) is 0 Å². The summed E-state index contributed by atoms with van der Waals surface area (Å²) in [6.45, 7) is 0. The number of aromatic nitrogens is 6. The number of para-hydroxylation sites is 1. The van der Waals surface area contributed by atoms with Crippen molar-refractivity contribution >= 4 is 32.7 Å². The number of rotatable bonds is 7. The first kappa shape index (κ1) is 35.0. The van der Waals surface area contributed by atoms with Crippen molar-refractivity contribution in [1.29, 1.82) is 0 Å². The summed E-state index contributed by atoms with van der Waals surface area (Å²) in [6.07, 6.45) is 1.84. The van der Waals surface area contributed by atoms with Gasteiger partial charge in [0.1, 0.15) is 0 Å². The molecule has 7 aromatic carbocycles. The highest BCUT2D eigenvalue weighted by atomic mass is 15.0. The lowest BCUT2D eigenvalue weighted by Gasteiger charge is -2.14. The third kappa shape index (κ3) is 6.52. The van der Waals surface area contributed by atoms with Gasteiger partial charge in [-0.05, 0) is 41.0 Å². The van der Waals surface area contributed by atoms with Crippen LogP contribution < -0.4 is 0 Å². The molecule has 0 saturated carbocycles. The highest BCUT2D eigenvalue weighted by molar-refractivity contribution is 6.09. The number of nitrogens with zero attached hydrogens (tertiary/aromatic N) is 6. The van der Waals surface area contributed by atoms with E-state index in [1.807, 2.05) is 79.0 Å². The maximum Gasteiger partial charge on any atom is 0.164 e. The Kier molecular flexibility index (Phi) is 8.71. The lowest BCUT2D eigenvalue weighted by Crippen LogP contribution is -2.00. The first-order valence-corrected chi connectivity index (χ1v) is 19.9. The van der Waals surface area contributed by atoms with E-state index in [0.717, 1.165) is 94.2 Å². The van der Waals surface area contributed by atoms with Gasteiger partial charge in [-0.15, -0.1) is 0 Å². The molecule has 4 heterocycles. The first-order chi connectivity index (χ1) is 29.7. The van der Waals surface area contributed by atoms with Crippen molar-refractivity contribution in [1.82, 2.24) is 29.9 Å². The lowest BCUT2D eigenvalue weighted by molar-refractivity contribution is 1.07. The summed E-state index contributed by atoms with van der Waals surface area (Å²) in [5.41, 5.74) is 13.5. The second-order valence-electron chi connectivity index (χ2n) is 14.7. The molecule has 4 aromatic heterocycles. The van der Waals surface area contributed by atoms with Gasteiger partial charge < -0.3 is 0 Å². The molecule has 280 valence electrons. The fourth-order valence-electron chi connectivity index (χ4n) is 7.95. The van der Waals surface area contributed by atoms with Gasteiger partial charge in [-0.3, -0.25) is 4.98 Å². The van der Waals surface area contributed by atoms with Crippen LogP contribution in [-0.4, -0.2) is 29.9 Å². The van der Waals surface area contributed by atoms with Crippen LogP contribution >= 0.6 is 0 Å². The van der Waals surface area contributed by atoms with Crippen LogP contribution in [0.15, 0.2) is 206 Å². The molecule has 0 aliphatic heterocycles. The van der Waals surface area contributed by atoms with Crippen molar-refractivity contribution in [3.8, 4) is 78.9 Å². The number of pyridine rings is 3. The van der Waals surface area contributed by atoms with Crippen molar-refractivity contribution in [2.24, 2.45) is 0 Å². The monoisotopic (exact) mass is 766 g/mol. The third-order valence-corrected chi connectivity index (χ3v) is 11.0. The van der Waals surface area contributed by atoms with Gasteiger partial charge in [0.25, 0.3) is 0 Å². The average Bonchev–Trinajstić information content (AvgIpc) is 3.34. The number of benzene rings is 7. The van der Waals surface area contributed by atoms with Gasteiger partial charge in [0.05, 0.1) is 27.9 Å². The number of hydrogen-bond donors (Lipinski definition) is 0. The predicted molar refractivity (Wildman–Crippen MR) is 244 cm³/mol. The zero-order valence-corrected chi connectivity index (χ0v) is 32.3. The summed E-state index contributed by atoms with van der Waals surface area (Å²) in [5, 5.41) is 3.17. The molecule has 0 fully saturated rings. The van der Waals surface area contributed by atoms with Crippen molar-refractivity contribution < 1.29 is 0 Å². The summed E-state index contributed by atoms with van der Waals surface area (Å²) < 4.78 is 0. The van der Waals surface area contributed by atoms with E-state index in [4.69, 9.17) is 29.9 Å². The van der Waals surface area contributed by atoms with Crippen molar-refractivity contribution in [2.45, 2.75) is 0 Å². The molecule has 0 spiro atoms. The van der Waals surface area contributed by atoms with Crippen LogP contribution in [0.2, 0.25) is 0 Å². The SMILES string of the molecule is c1ccc(-c2ccc3ccc4c(-c5ccc(-c6nc(-c7ccccc7)nc(-c7cccc(-c8cccc9cccnc89)c7)n6)cc5)cc(-c5ccccc5)nc4c3n2)cc1. The Morgan fingerprint density at radius 2 is 0.800 bits per heavy atom. The largest absolute Gasteiger partial charge is 0.256 e. The minimum atomic E-state index is 0.593. The van der Waals surface area contributed by atoms with E-state index in [-0.39, 0.29) is 0 Å². The number of fused-ring (bicyclic) bond motifs is 4. The van der Waals surface area contributed by atoms with Crippen molar-refractivity contribution in [3.05, 3.63) is 206 Å². The van der Waals surface area contributed by atoms with E-state index in [9.17, 15) is 0 Å². The first-order valence-electron chi connectivity index (χ1n) is 19.9. The van der Waals surface area contributed by atoms with Gasteiger partial charge in [0.15, 0.2) is 17.5 Å². The molecule has 0 N–H and O–H groups in total. The maximum absolute atomic E-state index is 5.28. The van der Waals surface area contributed by atoms with Crippen LogP contribution in [0.4, 0.5) is 0 Å². The fraction of sp³-hybridized carbons (Fsp3) is 0. The van der Waals surface area contributed by atoms with Crippen molar-refractivity contribution in [2.75, 3.05) is 0 Å². The highest BCUT2D eigenvalue weighted by Crippen LogP contribution is 2.37. The molecule has 6 nitrogen and oxygen atoms in total. The van der Waals surface area contributed by atoms with E-state index >= 15 is 0 Å². The molecule has 0 atom stereocenters. The Labute approximate surface area is 346 Å². The Balaban J connectivity index is 1.04. The normalized spacial score (nSPS) is 11.3. The molecule has 0 radical (unpaired) electrons. The molecule has 0 amide bonds. The van der Waals surface area contributed by atoms with Gasteiger partial charge in [-0.2, -0.15) is 0 Å². The molecule has 0 aliphatic rings. The Morgan fingerprint density at radius 3 is 1.53 bits per heavy atom. The van der Waals surface area contributed by atoms with E-state index in [1.165, 1.54) is 0 Å². The van der Waals surface area contributed by atoms with Crippen LogP contribution in [0.5, 0.6) is 0 Å². The molecule has 6 heteroatoms. The Morgan fingerprint density at radius 1 is 0.267 bits per heavy atom. The summed E-state index contributed by atoms with van der Waals surface area (Å²) in [4.78, 5) is 30.4.